The molecule has 1 aliphatic heterocycles. The molecule has 1 atom stereocenters. The largest absolute Gasteiger partial charge is 0.416 e. The third kappa shape index (κ3) is 4.57. The molecule has 3 aromatic rings. The van der Waals surface area contributed by atoms with Crippen LogP contribution in [0.4, 0.5) is 17.6 Å². The van der Waals surface area contributed by atoms with Crippen molar-refractivity contribution in [3.8, 4) is 11.3 Å². The van der Waals surface area contributed by atoms with Crippen molar-refractivity contribution in [1.29, 1.82) is 0 Å². The monoisotopic (exact) mass is 429 g/mol. The third-order valence-electron chi connectivity index (χ3n) is 5.38. The minimum absolute atomic E-state index is 0.170. The molecule has 1 unspecified atom stereocenters. The Balaban J connectivity index is 1.62. The maximum Gasteiger partial charge on any atom is 0.416 e. The number of nitrogens with zero attached hydrogens (tertiary/aromatic N) is 3. The summed E-state index contributed by atoms with van der Waals surface area (Å²) in [4.78, 5) is 23.2. The Kier molecular flexibility index (Phi) is 5.71. The van der Waals surface area contributed by atoms with E-state index in [1.807, 2.05) is 0 Å². The van der Waals surface area contributed by atoms with E-state index in [-0.39, 0.29) is 11.8 Å². The van der Waals surface area contributed by atoms with Gasteiger partial charge in [0.05, 0.1) is 17.0 Å². The van der Waals surface area contributed by atoms with Crippen molar-refractivity contribution >= 4 is 5.91 Å². The Labute approximate surface area is 176 Å². The zero-order valence-corrected chi connectivity index (χ0v) is 16.4. The predicted octanol–water partition coefficient (Wildman–Crippen LogP) is 5.32. The number of piperidine rings is 1. The average molecular weight is 429 g/mol. The summed E-state index contributed by atoms with van der Waals surface area (Å²) >= 11 is 0. The number of rotatable bonds is 3. The molecule has 1 aromatic heterocycles. The van der Waals surface area contributed by atoms with Gasteiger partial charge in [0.15, 0.2) is 0 Å². The fraction of sp³-hybridized carbons (Fsp3) is 0.261. The minimum atomic E-state index is -4.46. The number of hydrogen-bond donors (Lipinski definition) is 0. The van der Waals surface area contributed by atoms with Gasteiger partial charge in [-0.2, -0.15) is 13.2 Å². The Morgan fingerprint density at radius 3 is 2.52 bits per heavy atom. The van der Waals surface area contributed by atoms with Crippen LogP contribution in [0, 0.1) is 5.82 Å². The van der Waals surface area contributed by atoms with Crippen molar-refractivity contribution in [2.75, 3.05) is 13.1 Å². The van der Waals surface area contributed by atoms with Gasteiger partial charge in [0.1, 0.15) is 5.82 Å². The zero-order valence-electron chi connectivity index (χ0n) is 16.4. The number of benzene rings is 2. The first kappa shape index (κ1) is 21.0. The number of amides is 1. The molecular formula is C23H19F4N3O. The fourth-order valence-electron chi connectivity index (χ4n) is 3.87. The molecule has 4 rings (SSSR count). The van der Waals surface area contributed by atoms with Crippen LogP contribution in [0.1, 0.15) is 40.4 Å². The van der Waals surface area contributed by atoms with Crippen LogP contribution in [0.3, 0.4) is 0 Å². The summed E-state index contributed by atoms with van der Waals surface area (Å²) in [6.45, 7) is 0.909. The lowest BCUT2D eigenvalue weighted by atomic mass is 9.90. The number of carbonyl (C=O) groups excluding carboxylic acids is 1. The van der Waals surface area contributed by atoms with E-state index in [4.69, 9.17) is 0 Å². The van der Waals surface area contributed by atoms with Crippen LogP contribution in [-0.4, -0.2) is 33.9 Å². The second-order valence-electron chi connectivity index (χ2n) is 7.47. The molecule has 0 spiro atoms. The maximum absolute atomic E-state index is 13.2. The van der Waals surface area contributed by atoms with E-state index in [9.17, 15) is 22.4 Å². The quantitative estimate of drug-likeness (QED) is 0.530. The molecule has 0 aliphatic carbocycles. The Bertz CT molecular complexity index is 1080. The normalized spacial score (nSPS) is 16.9. The van der Waals surface area contributed by atoms with Crippen LogP contribution in [-0.2, 0) is 6.18 Å². The number of aromatic nitrogens is 2. The number of likely N-dealkylation sites (tertiary alicyclic amines) is 1. The summed E-state index contributed by atoms with van der Waals surface area (Å²) < 4.78 is 52.7. The van der Waals surface area contributed by atoms with Crippen molar-refractivity contribution < 1.29 is 22.4 Å². The van der Waals surface area contributed by atoms with E-state index < -0.39 is 17.6 Å². The maximum atomic E-state index is 13.2. The lowest BCUT2D eigenvalue weighted by molar-refractivity contribution is -0.137. The molecule has 2 aromatic carbocycles. The first-order valence-corrected chi connectivity index (χ1v) is 9.86. The highest BCUT2D eigenvalue weighted by Crippen LogP contribution is 2.35. The topological polar surface area (TPSA) is 46.1 Å². The number of alkyl halides is 3. The van der Waals surface area contributed by atoms with Gasteiger partial charge in [0, 0.05) is 42.5 Å². The van der Waals surface area contributed by atoms with Crippen LogP contribution in [0.25, 0.3) is 11.3 Å². The average Bonchev–Trinajstić information content (AvgIpc) is 2.79. The van der Waals surface area contributed by atoms with Crippen LogP contribution in [0.5, 0.6) is 0 Å². The Morgan fingerprint density at radius 2 is 1.77 bits per heavy atom. The highest BCUT2D eigenvalue weighted by atomic mass is 19.4. The molecule has 0 bridgehead atoms. The summed E-state index contributed by atoms with van der Waals surface area (Å²) in [6, 6.07) is 10.4. The molecule has 0 N–H and O–H groups in total. The predicted molar refractivity (Wildman–Crippen MR) is 107 cm³/mol. The summed E-state index contributed by atoms with van der Waals surface area (Å²) in [7, 11) is 0. The van der Waals surface area contributed by atoms with E-state index in [1.165, 1.54) is 42.7 Å². The molecule has 31 heavy (non-hydrogen) atoms. The van der Waals surface area contributed by atoms with Crippen molar-refractivity contribution in [2.45, 2.75) is 24.9 Å². The molecule has 2 heterocycles. The van der Waals surface area contributed by atoms with E-state index in [0.717, 1.165) is 25.0 Å². The molecule has 0 saturated carbocycles. The Hall–Kier alpha value is -3.29. The van der Waals surface area contributed by atoms with Gasteiger partial charge >= 0.3 is 6.18 Å². The fourth-order valence-corrected chi connectivity index (χ4v) is 3.87. The van der Waals surface area contributed by atoms with Crippen LogP contribution >= 0.6 is 0 Å². The highest BCUT2D eigenvalue weighted by Gasteiger charge is 2.32. The first-order valence-electron chi connectivity index (χ1n) is 9.86. The van der Waals surface area contributed by atoms with E-state index in [2.05, 4.69) is 9.97 Å². The summed E-state index contributed by atoms with van der Waals surface area (Å²) in [5.74, 6) is -0.802. The molecule has 1 aliphatic rings. The summed E-state index contributed by atoms with van der Waals surface area (Å²) in [6.07, 6.45) is -0.0494. The lowest BCUT2D eigenvalue weighted by Gasteiger charge is -2.33. The molecule has 1 amide bonds. The van der Waals surface area contributed by atoms with Gasteiger partial charge in [0.2, 0.25) is 0 Å². The molecule has 0 radical (unpaired) electrons. The zero-order chi connectivity index (χ0) is 22.0. The molecule has 8 heteroatoms. The second kappa shape index (κ2) is 8.45. The van der Waals surface area contributed by atoms with Gasteiger partial charge < -0.3 is 4.90 Å². The van der Waals surface area contributed by atoms with E-state index in [0.29, 0.717) is 35.6 Å². The van der Waals surface area contributed by atoms with Crippen LogP contribution in [0.15, 0.2) is 60.9 Å². The van der Waals surface area contributed by atoms with Crippen LogP contribution in [0.2, 0.25) is 0 Å². The Morgan fingerprint density at radius 1 is 1.03 bits per heavy atom. The summed E-state index contributed by atoms with van der Waals surface area (Å²) in [5, 5.41) is 0. The van der Waals surface area contributed by atoms with Crippen LogP contribution < -0.4 is 0 Å². The SMILES string of the molecule is O=C(c1ccc(F)cc1)N1CCCC(c2nccnc2-c2cccc(C(F)(F)F)c2)C1. The van der Waals surface area contributed by atoms with Gasteiger partial charge in [0.25, 0.3) is 5.91 Å². The number of halogens is 4. The first-order chi connectivity index (χ1) is 14.8. The van der Waals surface area contributed by atoms with Gasteiger partial charge in [-0.15, -0.1) is 0 Å². The van der Waals surface area contributed by atoms with Gasteiger partial charge in [-0.1, -0.05) is 12.1 Å². The van der Waals surface area contributed by atoms with Crippen molar-refractivity contribution in [1.82, 2.24) is 14.9 Å². The molecule has 1 fully saturated rings. The standard InChI is InChI=1S/C23H19F4N3O/c24-19-8-6-15(7-9-19)22(31)30-12-2-4-17(14-30)21-20(28-10-11-29-21)16-3-1-5-18(13-16)23(25,26)27/h1,3,5-11,13,17H,2,4,12,14H2. The van der Waals surface area contributed by atoms with E-state index in [1.54, 1.807) is 11.0 Å². The highest BCUT2D eigenvalue weighted by molar-refractivity contribution is 5.94. The van der Waals surface area contributed by atoms with Gasteiger partial charge in [-0.05, 0) is 49.2 Å². The second-order valence-corrected chi connectivity index (χ2v) is 7.47. The third-order valence-corrected chi connectivity index (χ3v) is 5.38. The minimum Gasteiger partial charge on any atom is -0.338 e. The molecular weight excluding hydrogens is 410 g/mol. The van der Waals surface area contributed by atoms with Gasteiger partial charge in [-0.25, -0.2) is 4.39 Å². The summed E-state index contributed by atoms with van der Waals surface area (Å²) in [5.41, 5.74) is 0.922. The van der Waals surface area contributed by atoms with E-state index >= 15 is 0 Å². The van der Waals surface area contributed by atoms with Gasteiger partial charge in [-0.3, -0.25) is 14.8 Å². The number of carbonyl (C=O) groups is 1. The van der Waals surface area contributed by atoms with Crippen molar-refractivity contribution in [3.05, 3.63) is 83.6 Å². The smallest absolute Gasteiger partial charge is 0.338 e. The lowest BCUT2D eigenvalue weighted by Crippen LogP contribution is -2.39. The number of hydrogen-bond acceptors (Lipinski definition) is 3. The van der Waals surface area contributed by atoms with Crippen molar-refractivity contribution in [2.24, 2.45) is 0 Å². The molecule has 4 nitrogen and oxygen atoms in total. The molecule has 160 valence electrons. The molecule has 1 saturated heterocycles. The van der Waals surface area contributed by atoms with Crippen molar-refractivity contribution in [3.63, 3.8) is 0 Å².